The number of aromatic nitrogens is 4. The maximum absolute atomic E-state index is 12.7. The number of para-hydroxylation sites is 1. The number of nitrogens with zero attached hydrogens (tertiary/aromatic N) is 4. The van der Waals surface area contributed by atoms with Crippen LogP contribution in [0, 0.1) is 0 Å². The van der Waals surface area contributed by atoms with Gasteiger partial charge in [0.1, 0.15) is 5.58 Å². The summed E-state index contributed by atoms with van der Waals surface area (Å²) in [5.74, 6) is -0.482. The normalized spacial score (nSPS) is 11.4. The van der Waals surface area contributed by atoms with Crippen LogP contribution in [0.5, 0.6) is 0 Å². The van der Waals surface area contributed by atoms with Crippen LogP contribution in [-0.2, 0) is 25.4 Å². The molecule has 0 aliphatic carbocycles. The van der Waals surface area contributed by atoms with E-state index in [0.29, 0.717) is 11.1 Å². The largest absolute Gasteiger partial charge is 0.460 e. The Balaban J connectivity index is 1.94. The third-order valence-electron chi connectivity index (χ3n) is 4.70. The van der Waals surface area contributed by atoms with E-state index < -0.39 is 17.2 Å². The highest BCUT2D eigenvalue weighted by Crippen LogP contribution is 2.28. The van der Waals surface area contributed by atoms with Gasteiger partial charge in [-0.2, -0.15) is 0 Å². The van der Waals surface area contributed by atoms with E-state index >= 15 is 0 Å². The Labute approximate surface area is 158 Å². The number of furan rings is 1. The molecular formula is C19H18N4O5. The van der Waals surface area contributed by atoms with Gasteiger partial charge in [0.05, 0.1) is 19.5 Å². The second kappa shape index (κ2) is 6.52. The number of aryl methyl sites for hydroxylation is 1. The predicted octanol–water partition coefficient (Wildman–Crippen LogP) is 1.40. The van der Waals surface area contributed by atoms with Gasteiger partial charge < -0.3 is 13.7 Å². The summed E-state index contributed by atoms with van der Waals surface area (Å²) in [7, 11) is 2.97. The summed E-state index contributed by atoms with van der Waals surface area (Å²) >= 11 is 0. The van der Waals surface area contributed by atoms with Crippen LogP contribution in [0.2, 0.25) is 0 Å². The highest BCUT2D eigenvalue weighted by Gasteiger charge is 2.23. The van der Waals surface area contributed by atoms with Gasteiger partial charge >= 0.3 is 11.7 Å². The Morgan fingerprint density at radius 1 is 1.18 bits per heavy atom. The van der Waals surface area contributed by atoms with Crippen molar-refractivity contribution in [1.82, 2.24) is 18.7 Å². The van der Waals surface area contributed by atoms with Crippen LogP contribution in [-0.4, -0.2) is 31.3 Å². The van der Waals surface area contributed by atoms with Gasteiger partial charge in [0.15, 0.2) is 11.2 Å². The van der Waals surface area contributed by atoms with Crippen molar-refractivity contribution in [2.45, 2.75) is 13.5 Å². The van der Waals surface area contributed by atoms with Gasteiger partial charge in [-0.1, -0.05) is 18.2 Å². The topological polar surface area (TPSA) is 101 Å². The van der Waals surface area contributed by atoms with Crippen molar-refractivity contribution in [3.63, 3.8) is 0 Å². The first-order chi connectivity index (χ1) is 13.4. The quantitative estimate of drug-likeness (QED) is 0.495. The van der Waals surface area contributed by atoms with E-state index in [1.807, 2.05) is 18.2 Å². The zero-order chi connectivity index (χ0) is 20.0. The molecule has 0 fully saturated rings. The monoisotopic (exact) mass is 382 g/mol. The third-order valence-corrected chi connectivity index (χ3v) is 4.70. The smallest absolute Gasteiger partial charge is 0.374 e. The predicted molar refractivity (Wildman–Crippen MR) is 101 cm³/mol. The van der Waals surface area contributed by atoms with E-state index in [4.69, 9.17) is 9.15 Å². The second-order valence-electron chi connectivity index (χ2n) is 6.38. The zero-order valence-electron chi connectivity index (χ0n) is 15.6. The highest BCUT2D eigenvalue weighted by molar-refractivity contribution is 5.96. The number of rotatable bonds is 4. The van der Waals surface area contributed by atoms with Crippen LogP contribution >= 0.6 is 0 Å². The molecule has 0 N–H and O–H groups in total. The lowest BCUT2D eigenvalue weighted by Gasteiger charge is -2.07. The summed E-state index contributed by atoms with van der Waals surface area (Å²) < 4.78 is 14.8. The molecule has 28 heavy (non-hydrogen) atoms. The van der Waals surface area contributed by atoms with Crippen LogP contribution in [0.25, 0.3) is 22.1 Å². The molecule has 0 radical (unpaired) electrons. The molecule has 0 aliphatic rings. The van der Waals surface area contributed by atoms with Gasteiger partial charge in [-0.3, -0.25) is 13.9 Å². The van der Waals surface area contributed by atoms with Crippen LogP contribution in [0.4, 0.5) is 0 Å². The van der Waals surface area contributed by atoms with Crippen molar-refractivity contribution in [3.8, 4) is 0 Å². The molecule has 9 heteroatoms. The first kappa shape index (κ1) is 17.8. The fourth-order valence-electron chi connectivity index (χ4n) is 3.30. The molecule has 0 amide bonds. The van der Waals surface area contributed by atoms with Gasteiger partial charge in [0.25, 0.3) is 5.56 Å². The van der Waals surface area contributed by atoms with Crippen molar-refractivity contribution in [2.75, 3.05) is 6.61 Å². The Morgan fingerprint density at radius 3 is 2.68 bits per heavy atom. The molecule has 144 valence electrons. The van der Waals surface area contributed by atoms with Crippen molar-refractivity contribution in [3.05, 3.63) is 62.8 Å². The number of benzene rings is 1. The van der Waals surface area contributed by atoms with Gasteiger partial charge in [-0.25, -0.2) is 14.6 Å². The molecule has 0 aliphatic heterocycles. The molecular weight excluding hydrogens is 364 g/mol. The van der Waals surface area contributed by atoms with E-state index in [0.717, 1.165) is 9.95 Å². The number of carbonyl (C=O) groups excluding carboxylic acids is 1. The SMILES string of the molecule is CCOC(=O)c1oc2ccccc2c1Cn1cnc2c1c(=O)n(C)c(=O)n2C. The Bertz CT molecular complexity index is 1340. The summed E-state index contributed by atoms with van der Waals surface area (Å²) in [6.45, 7) is 2.09. The maximum atomic E-state index is 12.7. The van der Waals surface area contributed by atoms with Crippen molar-refractivity contribution in [2.24, 2.45) is 14.1 Å². The van der Waals surface area contributed by atoms with E-state index in [1.54, 1.807) is 24.6 Å². The molecule has 4 rings (SSSR count). The van der Waals surface area contributed by atoms with Gasteiger partial charge in [0.2, 0.25) is 5.76 Å². The van der Waals surface area contributed by atoms with E-state index in [2.05, 4.69) is 4.98 Å². The first-order valence-corrected chi connectivity index (χ1v) is 8.72. The minimum absolute atomic E-state index is 0.0894. The number of esters is 1. The fraction of sp³-hybridized carbons (Fsp3) is 0.263. The van der Waals surface area contributed by atoms with Gasteiger partial charge in [-0.05, 0) is 13.0 Å². The molecule has 0 atom stereocenters. The summed E-state index contributed by atoms with van der Waals surface area (Å²) in [6.07, 6.45) is 1.47. The molecule has 0 saturated heterocycles. The van der Waals surface area contributed by atoms with Crippen LogP contribution in [0.15, 0.2) is 44.6 Å². The number of carbonyl (C=O) groups is 1. The molecule has 9 nitrogen and oxygen atoms in total. The number of hydrogen-bond donors (Lipinski definition) is 0. The van der Waals surface area contributed by atoms with Gasteiger partial charge in [0, 0.05) is 25.0 Å². The minimum atomic E-state index is -0.571. The standard InChI is InChI=1S/C19H18N4O5/c1-4-27-18(25)15-12(11-7-5-6-8-13(11)28-15)9-23-10-20-16-14(23)17(24)22(3)19(26)21(16)2/h5-8,10H,4,9H2,1-3H3. The second-order valence-corrected chi connectivity index (χ2v) is 6.38. The molecule has 1 aromatic carbocycles. The molecule has 3 heterocycles. The first-order valence-electron chi connectivity index (χ1n) is 8.72. The number of hydrogen-bond acceptors (Lipinski definition) is 6. The Kier molecular flexibility index (Phi) is 4.14. The van der Waals surface area contributed by atoms with Crippen molar-refractivity contribution < 1.29 is 13.9 Å². The Morgan fingerprint density at radius 2 is 1.93 bits per heavy atom. The third kappa shape index (κ3) is 2.55. The van der Waals surface area contributed by atoms with Crippen LogP contribution in [0.3, 0.4) is 0 Å². The maximum Gasteiger partial charge on any atom is 0.374 e. The van der Waals surface area contributed by atoms with E-state index in [9.17, 15) is 14.4 Å². The number of imidazole rings is 1. The molecule has 0 saturated carbocycles. The van der Waals surface area contributed by atoms with Crippen molar-refractivity contribution >= 4 is 28.1 Å². The summed E-state index contributed by atoms with van der Waals surface area (Å²) in [5.41, 5.74) is 0.766. The molecule has 0 bridgehead atoms. The summed E-state index contributed by atoms with van der Waals surface area (Å²) in [4.78, 5) is 41.4. The summed E-state index contributed by atoms with van der Waals surface area (Å²) in [5, 5.41) is 0.744. The summed E-state index contributed by atoms with van der Waals surface area (Å²) in [6, 6.07) is 7.24. The van der Waals surface area contributed by atoms with Crippen LogP contribution < -0.4 is 11.2 Å². The molecule has 3 aromatic heterocycles. The van der Waals surface area contributed by atoms with Crippen molar-refractivity contribution in [1.29, 1.82) is 0 Å². The minimum Gasteiger partial charge on any atom is -0.460 e. The average Bonchev–Trinajstić information content (AvgIpc) is 3.27. The Hall–Kier alpha value is -3.62. The van der Waals surface area contributed by atoms with E-state index in [1.165, 1.54) is 17.9 Å². The average molecular weight is 382 g/mol. The number of fused-ring (bicyclic) bond motifs is 2. The highest BCUT2D eigenvalue weighted by atomic mass is 16.5. The van der Waals surface area contributed by atoms with Crippen LogP contribution in [0.1, 0.15) is 23.0 Å². The number of ether oxygens (including phenoxy) is 1. The van der Waals surface area contributed by atoms with Gasteiger partial charge in [-0.15, -0.1) is 0 Å². The lowest BCUT2D eigenvalue weighted by Crippen LogP contribution is -2.37. The molecule has 0 spiro atoms. The zero-order valence-corrected chi connectivity index (χ0v) is 15.6. The molecule has 0 unspecified atom stereocenters. The van der Waals surface area contributed by atoms with E-state index in [-0.39, 0.29) is 30.1 Å². The molecule has 4 aromatic rings. The lowest BCUT2D eigenvalue weighted by molar-refractivity contribution is 0.0491. The lowest BCUT2D eigenvalue weighted by atomic mass is 10.1. The fourth-order valence-corrected chi connectivity index (χ4v) is 3.30.